The van der Waals surface area contributed by atoms with Crippen LogP contribution in [-0.4, -0.2) is 43.9 Å². The van der Waals surface area contributed by atoms with Crippen LogP contribution >= 0.6 is 0 Å². The first-order valence-corrected chi connectivity index (χ1v) is 7.73. The maximum atomic E-state index is 12.9. The first-order valence-electron chi connectivity index (χ1n) is 7.73. The van der Waals surface area contributed by atoms with Crippen molar-refractivity contribution in [3.8, 4) is 5.75 Å². The average Bonchev–Trinajstić information content (AvgIpc) is 2.52. The molecule has 1 aromatic rings. The van der Waals surface area contributed by atoms with Crippen LogP contribution in [0.4, 0.5) is 13.2 Å². The lowest BCUT2D eigenvalue weighted by atomic mass is 10.1. The highest BCUT2D eigenvalue weighted by Gasteiger charge is 2.34. The lowest BCUT2D eigenvalue weighted by molar-refractivity contribution is -0.139. The number of halogens is 3. The standard InChI is InChI=1S/C16H21F3N2O3/c1-10(21-15(22)14-11(2)23-8-7-20-14)9-24-13-6-4-3-5-12(13)16(17,18)19/h3-6,10-11,14,20H,7-9H2,1-2H3,(H,21,22)/t10?,11-,14+/m1/s1. The minimum Gasteiger partial charge on any atom is -0.491 e. The van der Waals surface area contributed by atoms with Gasteiger partial charge in [0, 0.05) is 6.54 Å². The fourth-order valence-electron chi connectivity index (χ4n) is 2.44. The van der Waals surface area contributed by atoms with E-state index in [2.05, 4.69) is 10.6 Å². The van der Waals surface area contributed by atoms with Crippen molar-refractivity contribution < 1.29 is 27.4 Å². The summed E-state index contributed by atoms with van der Waals surface area (Å²) in [7, 11) is 0. The van der Waals surface area contributed by atoms with E-state index in [0.29, 0.717) is 13.2 Å². The first-order chi connectivity index (χ1) is 11.3. The van der Waals surface area contributed by atoms with E-state index in [1.54, 1.807) is 13.8 Å². The zero-order valence-corrected chi connectivity index (χ0v) is 13.5. The number of alkyl halides is 3. The summed E-state index contributed by atoms with van der Waals surface area (Å²) in [6.45, 7) is 4.50. The highest BCUT2D eigenvalue weighted by molar-refractivity contribution is 5.82. The number of morpholine rings is 1. The van der Waals surface area contributed by atoms with E-state index in [4.69, 9.17) is 9.47 Å². The van der Waals surface area contributed by atoms with Crippen LogP contribution in [0.1, 0.15) is 19.4 Å². The van der Waals surface area contributed by atoms with Gasteiger partial charge in [-0.3, -0.25) is 4.79 Å². The van der Waals surface area contributed by atoms with Gasteiger partial charge in [-0.15, -0.1) is 0 Å². The van der Waals surface area contributed by atoms with E-state index in [1.165, 1.54) is 18.2 Å². The van der Waals surface area contributed by atoms with E-state index in [0.717, 1.165) is 6.07 Å². The molecule has 1 saturated heterocycles. The smallest absolute Gasteiger partial charge is 0.419 e. The summed E-state index contributed by atoms with van der Waals surface area (Å²) in [5, 5.41) is 5.77. The number of hydrogen-bond acceptors (Lipinski definition) is 4. The van der Waals surface area contributed by atoms with E-state index < -0.39 is 23.8 Å². The topological polar surface area (TPSA) is 59.6 Å². The predicted molar refractivity (Wildman–Crippen MR) is 81.7 cm³/mol. The maximum Gasteiger partial charge on any atom is 0.419 e. The van der Waals surface area contributed by atoms with Gasteiger partial charge in [0.1, 0.15) is 18.4 Å². The molecule has 1 fully saturated rings. The summed E-state index contributed by atoms with van der Waals surface area (Å²) in [6.07, 6.45) is -4.75. The quantitative estimate of drug-likeness (QED) is 0.856. The Balaban J connectivity index is 1.89. The molecule has 5 nitrogen and oxygen atoms in total. The normalized spacial score (nSPS) is 22.7. The van der Waals surface area contributed by atoms with Gasteiger partial charge in [0.05, 0.1) is 24.3 Å². The van der Waals surface area contributed by atoms with Crippen LogP contribution in [0.3, 0.4) is 0 Å². The third-order valence-electron chi connectivity index (χ3n) is 3.67. The Kier molecular flexibility index (Phi) is 6.06. The Morgan fingerprint density at radius 1 is 1.46 bits per heavy atom. The van der Waals surface area contributed by atoms with Crippen LogP contribution in [0, 0.1) is 0 Å². The molecule has 1 heterocycles. The summed E-state index contributed by atoms with van der Waals surface area (Å²) in [6, 6.07) is 4.06. The molecule has 0 bridgehead atoms. The van der Waals surface area contributed by atoms with Gasteiger partial charge in [0.15, 0.2) is 0 Å². The highest BCUT2D eigenvalue weighted by atomic mass is 19.4. The Labute approximate surface area is 138 Å². The lowest BCUT2D eigenvalue weighted by Gasteiger charge is -2.30. The van der Waals surface area contributed by atoms with Crippen molar-refractivity contribution in [1.82, 2.24) is 10.6 Å². The van der Waals surface area contributed by atoms with Crippen LogP contribution < -0.4 is 15.4 Å². The molecule has 1 aromatic carbocycles. The fourth-order valence-corrected chi connectivity index (χ4v) is 2.44. The monoisotopic (exact) mass is 346 g/mol. The largest absolute Gasteiger partial charge is 0.491 e. The molecule has 1 aliphatic rings. The van der Waals surface area contributed by atoms with Crippen LogP contribution in [0.15, 0.2) is 24.3 Å². The van der Waals surface area contributed by atoms with Gasteiger partial charge in [-0.1, -0.05) is 12.1 Å². The molecule has 3 atom stereocenters. The van der Waals surface area contributed by atoms with Gasteiger partial charge in [-0.25, -0.2) is 0 Å². The van der Waals surface area contributed by atoms with Crippen LogP contribution in [0.5, 0.6) is 5.75 Å². The third-order valence-corrected chi connectivity index (χ3v) is 3.67. The Hall–Kier alpha value is -1.80. The second-order valence-corrected chi connectivity index (χ2v) is 5.72. The predicted octanol–water partition coefficient (Wildman–Crippen LogP) is 1.97. The van der Waals surface area contributed by atoms with E-state index in [1.807, 2.05) is 0 Å². The van der Waals surface area contributed by atoms with Crippen molar-refractivity contribution in [3.63, 3.8) is 0 Å². The lowest BCUT2D eigenvalue weighted by Crippen LogP contribution is -2.57. The van der Waals surface area contributed by atoms with Gasteiger partial charge in [0.25, 0.3) is 0 Å². The number of ether oxygens (including phenoxy) is 2. The molecule has 2 rings (SSSR count). The minimum absolute atomic E-state index is 0.0687. The van der Waals surface area contributed by atoms with E-state index >= 15 is 0 Å². The molecule has 24 heavy (non-hydrogen) atoms. The van der Waals surface area contributed by atoms with Crippen molar-refractivity contribution >= 4 is 5.91 Å². The van der Waals surface area contributed by atoms with Crippen molar-refractivity contribution in [2.45, 2.75) is 38.2 Å². The molecule has 0 saturated carbocycles. The van der Waals surface area contributed by atoms with Crippen molar-refractivity contribution in [2.75, 3.05) is 19.8 Å². The maximum absolute atomic E-state index is 12.9. The molecule has 1 aliphatic heterocycles. The molecule has 1 unspecified atom stereocenters. The Morgan fingerprint density at radius 3 is 2.83 bits per heavy atom. The van der Waals surface area contributed by atoms with Gasteiger partial charge >= 0.3 is 6.18 Å². The molecule has 2 N–H and O–H groups in total. The summed E-state index contributed by atoms with van der Waals surface area (Å²) in [5.41, 5.74) is -0.834. The molecule has 134 valence electrons. The zero-order chi connectivity index (χ0) is 17.7. The summed E-state index contributed by atoms with van der Waals surface area (Å²) >= 11 is 0. The number of hydrogen-bond donors (Lipinski definition) is 2. The molecule has 0 aliphatic carbocycles. The van der Waals surface area contributed by atoms with Crippen molar-refractivity contribution in [1.29, 1.82) is 0 Å². The molecular formula is C16H21F3N2O3. The fraction of sp³-hybridized carbons (Fsp3) is 0.562. The number of rotatable bonds is 5. The van der Waals surface area contributed by atoms with Gasteiger partial charge < -0.3 is 20.1 Å². The third kappa shape index (κ3) is 4.85. The first kappa shape index (κ1) is 18.5. The zero-order valence-electron chi connectivity index (χ0n) is 13.5. The second kappa shape index (κ2) is 7.85. The second-order valence-electron chi connectivity index (χ2n) is 5.72. The Morgan fingerprint density at radius 2 is 2.17 bits per heavy atom. The number of para-hydroxylation sites is 1. The Bertz CT molecular complexity index is 566. The summed E-state index contributed by atoms with van der Waals surface area (Å²) in [5.74, 6) is -0.513. The van der Waals surface area contributed by atoms with Crippen LogP contribution in [0.2, 0.25) is 0 Å². The number of nitrogens with one attached hydrogen (secondary N) is 2. The molecular weight excluding hydrogens is 325 g/mol. The van der Waals surface area contributed by atoms with E-state index in [-0.39, 0.29) is 24.4 Å². The van der Waals surface area contributed by atoms with Crippen LogP contribution in [-0.2, 0) is 15.7 Å². The SMILES string of the molecule is CC(COc1ccccc1C(F)(F)F)NC(=O)[C@H]1NCCO[C@@H]1C. The van der Waals surface area contributed by atoms with Gasteiger partial charge in [-0.05, 0) is 26.0 Å². The molecule has 0 spiro atoms. The van der Waals surface area contributed by atoms with Crippen molar-refractivity contribution in [3.05, 3.63) is 29.8 Å². The number of carbonyl (C=O) groups is 1. The van der Waals surface area contributed by atoms with Crippen molar-refractivity contribution in [2.24, 2.45) is 0 Å². The number of benzene rings is 1. The number of amides is 1. The van der Waals surface area contributed by atoms with Crippen LogP contribution in [0.25, 0.3) is 0 Å². The summed E-state index contributed by atoms with van der Waals surface area (Å²) in [4.78, 5) is 12.2. The van der Waals surface area contributed by atoms with E-state index in [9.17, 15) is 18.0 Å². The van der Waals surface area contributed by atoms with Gasteiger partial charge in [0.2, 0.25) is 5.91 Å². The molecule has 1 amide bonds. The molecule has 0 radical (unpaired) electrons. The van der Waals surface area contributed by atoms with Gasteiger partial charge in [-0.2, -0.15) is 13.2 Å². The number of carbonyl (C=O) groups excluding carboxylic acids is 1. The minimum atomic E-state index is -4.48. The highest BCUT2D eigenvalue weighted by Crippen LogP contribution is 2.35. The summed E-state index contributed by atoms with van der Waals surface area (Å²) < 4.78 is 49.3. The molecule has 0 aromatic heterocycles. The molecule has 8 heteroatoms. The average molecular weight is 346 g/mol.